The van der Waals surface area contributed by atoms with Gasteiger partial charge in [0.05, 0.1) is 11.6 Å². The summed E-state index contributed by atoms with van der Waals surface area (Å²) in [6, 6.07) is 9.91. The van der Waals surface area contributed by atoms with E-state index in [-0.39, 0.29) is 29.9 Å². The Hall–Kier alpha value is -3.97. The fraction of sp³-hybridized carbons (Fsp3) is 0.552. The molecule has 244 valence electrons. The van der Waals surface area contributed by atoms with Crippen LogP contribution in [-0.2, 0) is 32.3 Å². The van der Waals surface area contributed by atoms with Crippen LogP contribution in [0.2, 0.25) is 0 Å². The summed E-state index contributed by atoms with van der Waals surface area (Å²) in [6.45, 7) is 1.61. The van der Waals surface area contributed by atoms with E-state index in [0.717, 1.165) is 5.56 Å². The van der Waals surface area contributed by atoms with Crippen LogP contribution in [0.1, 0.15) is 61.9 Å². The number of rotatable bonds is 12. The third kappa shape index (κ3) is 10.0. The Labute approximate surface area is 259 Å². The number of halogens is 3. The molecule has 1 aromatic heterocycles. The molecule has 0 bridgehead atoms. The van der Waals surface area contributed by atoms with Crippen LogP contribution in [0.4, 0.5) is 24.8 Å². The SMILES string of the molecule is N#Cc1ccc(CCNC(=O)C2CCCN2c2cc(N3CCC(CCCC(=O)NCS(=O)(=O)O)CC3)nc(C(F)(F)F)n2)cc1. The number of hydrogen-bond acceptors (Lipinski definition) is 9. The summed E-state index contributed by atoms with van der Waals surface area (Å²) < 4.78 is 71.9. The van der Waals surface area contributed by atoms with Crippen LogP contribution in [0.5, 0.6) is 0 Å². The quantitative estimate of drug-likeness (QED) is 0.290. The van der Waals surface area contributed by atoms with Gasteiger partial charge in [0.25, 0.3) is 10.1 Å². The fourth-order valence-electron chi connectivity index (χ4n) is 5.63. The van der Waals surface area contributed by atoms with E-state index in [9.17, 15) is 31.2 Å². The molecule has 2 saturated heterocycles. The summed E-state index contributed by atoms with van der Waals surface area (Å²) in [4.78, 5) is 35.9. The van der Waals surface area contributed by atoms with Gasteiger partial charge in [0.2, 0.25) is 17.6 Å². The van der Waals surface area contributed by atoms with E-state index in [2.05, 4.69) is 26.7 Å². The number of nitrogens with zero attached hydrogens (tertiary/aromatic N) is 5. The van der Waals surface area contributed by atoms with Crippen molar-refractivity contribution in [1.29, 1.82) is 5.26 Å². The Morgan fingerprint density at radius 3 is 2.38 bits per heavy atom. The summed E-state index contributed by atoms with van der Waals surface area (Å²) in [5, 5.41) is 14.0. The number of anilines is 2. The van der Waals surface area contributed by atoms with Gasteiger partial charge in [0.1, 0.15) is 23.6 Å². The molecule has 0 spiro atoms. The molecule has 12 nitrogen and oxygen atoms in total. The van der Waals surface area contributed by atoms with Gasteiger partial charge in [-0.3, -0.25) is 14.1 Å². The average Bonchev–Trinajstić information content (AvgIpc) is 3.50. The zero-order valence-electron chi connectivity index (χ0n) is 24.6. The minimum Gasteiger partial charge on any atom is -0.356 e. The Balaban J connectivity index is 1.35. The molecule has 1 unspecified atom stereocenters. The van der Waals surface area contributed by atoms with Crippen molar-refractivity contribution in [2.75, 3.05) is 41.9 Å². The lowest BCUT2D eigenvalue weighted by molar-refractivity contribution is -0.144. The first-order valence-electron chi connectivity index (χ1n) is 14.8. The van der Waals surface area contributed by atoms with Crippen molar-refractivity contribution in [2.24, 2.45) is 5.92 Å². The minimum absolute atomic E-state index is 0.0510. The molecule has 2 aromatic rings. The zero-order chi connectivity index (χ0) is 32.6. The molecule has 2 aliphatic heterocycles. The number of nitriles is 1. The lowest BCUT2D eigenvalue weighted by atomic mass is 9.91. The summed E-state index contributed by atoms with van der Waals surface area (Å²) in [6.07, 6.45) is -0.525. The predicted octanol–water partition coefficient (Wildman–Crippen LogP) is 3.04. The number of carbonyl (C=O) groups is 2. The second-order valence-electron chi connectivity index (χ2n) is 11.3. The van der Waals surface area contributed by atoms with Crippen LogP contribution in [0, 0.1) is 17.2 Å². The fourth-order valence-corrected chi connectivity index (χ4v) is 5.97. The predicted molar refractivity (Wildman–Crippen MR) is 159 cm³/mol. The number of carbonyl (C=O) groups excluding carboxylic acids is 2. The maximum absolute atomic E-state index is 13.9. The Bertz CT molecular complexity index is 1490. The first-order chi connectivity index (χ1) is 21.3. The van der Waals surface area contributed by atoms with E-state index in [1.165, 1.54) is 6.07 Å². The molecule has 3 N–H and O–H groups in total. The molecular weight excluding hydrogens is 615 g/mol. The summed E-state index contributed by atoms with van der Waals surface area (Å²) >= 11 is 0. The van der Waals surface area contributed by atoms with Gasteiger partial charge in [-0.2, -0.15) is 26.9 Å². The van der Waals surface area contributed by atoms with Crippen molar-refractivity contribution in [2.45, 2.75) is 63.6 Å². The number of nitrogens with one attached hydrogen (secondary N) is 2. The molecule has 2 amide bonds. The first kappa shape index (κ1) is 33.9. The highest BCUT2D eigenvalue weighted by Gasteiger charge is 2.39. The third-order valence-corrected chi connectivity index (χ3v) is 8.51. The molecule has 0 saturated carbocycles. The maximum atomic E-state index is 13.9. The monoisotopic (exact) mass is 651 g/mol. The molecule has 2 fully saturated rings. The highest BCUT2D eigenvalue weighted by molar-refractivity contribution is 7.85. The summed E-state index contributed by atoms with van der Waals surface area (Å²) in [7, 11) is -4.29. The second-order valence-corrected chi connectivity index (χ2v) is 12.7. The summed E-state index contributed by atoms with van der Waals surface area (Å²) in [5.74, 6) is -2.46. The van der Waals surface area contributed by atoms with Crippen molar-refractivity contribution in [3.05, 3.63) is 47.3 Å². The van der Waals surface area contributed by atoms with Crippen LogP contribution < -0.4 is 20.4 Å². The average molecular weight is 652 g/mol. The minimum atomic E-state index is -4.78. The highest BCUT2D eigenvalue weighted by Crippen LogP contribution is 2.34. The van der Waals surface area contributed by atoms with E-state index in [4.69, 9.17) is 9.81 Å². The second kappa shape index (κ2) is 14.9. The smallest absolute Gasteiger partial charge is 0.356 e. The number of benzene rings is 1. The van der Waals surface area contributed by atoms with Crippen molar-refractivity contribution < 1.29 is 35.7 Å². The van der Waals surface area contributed by atoms with Crippen LogP contribution in [0.25, 0.3) is 0 Å². The first-order valence-corrected chi connectivity index (χ1v) is 16.4. The molecule has 2 aliphatic rings. The molecule has 1 atom stereocenters. The van der Waals surface area contributed by atoms with E-state index in [1.807, 2.05) is 12.1 Å². The van der Waals surface area contributed by atoms with Gasteiger partial charge >= 0.3 is 6.18 Å². The Morgan fingerprint density at radius 2 is 1.73 bits per heavy atom. The lowest BCUT2D eigenvalue weighted by Crippen LogP contribution is -2.44. The van der Waals surface area contributed by atoms with Crippen LogP contribution >= 0.6 is 0 Å². The molecule has 0 radical (unpaired) electrons. The summed E-state index contributed by atoms with van der Waals surface area (Å²) in [5.41, 5.74) is 1.48. The standard InChI is InChI=1S/C29H36F3N7O5S/c30-29(31,32)28-36-24(38-15-11-20(12-16-38)3-1-5-26(40)35-19-45(42,43)44)17-25(37-28)39-14-2-4-23(39)27(41)34-13-10-21-6-8-22(18-33)9-7-21/h6-9,17,20,23H,1-5,10-16,19H2,(H,34,41)(H,35,40)(H,42,43,44). The molecule has 16 heteroatoms. The molecule has 0 aliphatic carbocycles. The van der Waals surface area contributed by atoms with Crippen molar-refractivity contribution >= 4 is 33.6 Å². The van der Waals surface area contributed by atoms with Gasteiger partial charge in [0.15, 0.2) is 0 Å². The molecule has 45 heavy (non-hydrogen) atoms. The van der Waals surface area contributed by atoms with Crippen molar-refractivity contribution in [3.8, 4) is 6.07 Å². The number of hydrogen-bond donors (Lipinski definition) is 3. The Kier molecular flexibility index (Phi) is 11.2. The molecule has 4 rings (SSSR count). The zero-order valence-corrected chi connectivity index (χ0v) is 25.4. The maximum Gasteiger partial charge on any atom is 0.451 e. The Morgan fingerprint density at radius 1 is 1.04 bits per heavy atom. The topological polar surface area (TPSA) is 169 Å². The van der Waals surface area contributed by atoms with E-state index < -0.39 is 39.9 Å². The van der Waals surface area contributed by atoms with Crippen LogP contribution in [0.3, 0.4) is 0 Å². The van der Waals surface area contributed by atoms with E-state index >= 15 is 0 Å². The van der Waals surface area contributed by atoms with Gasteiger partial charge in [-0.05, 0) is 68.6 Å². The number of alkyl halides is 3. The molecule has 1 aromatic carbocycles. The number of aromatic nitrogens is 2. The number of amides is 2. The van der Waals surface area contributed by atoms with Gasteiger partial charge < -0.3 is 20.4 Å². The van der Waals surface area contributed by atoms with Crippen LogP contribution in [-0.4, -0.2) is 72.9 Å². The van der Waals surface area contributed by atoms with Crippen LogP contribution in [0.15, 0.2) is 30.3 Å². The molecular formula is C29H36F3N7O5S. The van der Waals surface area contributed by atoms with Crippen molar-refractivity contribution in [3.63, 3.8) is 0 Å². The van der Waals surface area contributed by atoms with Gasteiger partial charge in [-0.15, -0.1) is 0 Å². The normalized spacial score (nSPS) is 17.6. The van der Waals surface area contributed by atoms with E-state index in [0.29, 0.717) is 76.7 Å². The van der Waals surface area contributed by atoms with E-state index in [1.54, 1.807) is 21.9 Å². The number of piperidine rings is 1. The highest BCUT2D eigenvalue weighted by atomic mass is 32.2. The van der Waals surface area contributed by atoms with Crippen molar-refractivity contribution in [1.82, 2.24) is 20.6 Å². The van der Waals surface area contributed by atoms with Gasteiger partial charge in [0, 0.05) is 38.7 Å². The third-order valence-electron chi connectivity index (χ3n) is 8.00. The largest absolute Gasteiger partial charge is 0.451 e. The molecule has 3 heterocycles. The van der Waals surface area contributed by atoms with Gasteiger partial charge in [-0.25, -0.2) is 9.97 Å². The van der Waals surface area contributed by atoms with Gasteiger partial charge in [-0.1, -0.05) is 12.1 Å². The lowest BCUT2D eigenvalue weighted by Gasteiger charge is -2.34.